The Bertz CT molecular complexity index is 616. The second kappa shape index (κ2) is 14.4. The van der Waals surface area contributed by atoms with Crippen molar-refractivity contribution in [2.45, 2.75) is 80.1 Å². The van der Waals surface area contributed by atoms with Gasteiger partial charge in [-0.2, -0.15) is 5.10 Å². The van der Waals surface area contributed by atoms with Crippen molar-refractivity contribution < 1.29 is 0 Å². The van der Waals surface area contributed by atoms with E-state index in [0.717, 1.165) is 48.1 Å². The molecule has 25 heavy (non-hydrogen) atoms. The van der Waals surface area contributed by atoms with Gasteiger partial charge in [0.2, 0.25) is 0 Å². The van der Waals surface area contributed by atoms with Crippen molar-refractivity contribution in [1.82, 2.24) is 10.2 Å². The number of benzene rings is 1. The number of unbranched alkanes of at least 4 members (excludes halogenated alkanes) is 1. The highest BCUT2D eigenvalue weighted by atomic mass is 16.1. The number of H-pyrrole nitrogens is 1. The number of aromatic nitrogens is 2. The quantitative estimate of drug-likeness (QED) is 0.707. The van der Waals surface area contributed by atoms with Crippen LogP contribution in [0.3, 0.4) is 0 Å². The number of aromatic amines is 1. The molecule has 3 nitrogen and oxygen atoms in total. The third-order valence-electron chi connectivity index (χ3n) is 3.84. The van der Waals surface area contributed by atoms with Crippen molar-refractivity contribution in [2.24, 2.45) is 0 Å². The van der Waals surface area contributed by atoms with E-state index in [9.17, 15) is 4.79 Å². The van der Waals surface area contributed by atoms with Crippen LogP contribution in [0.4, 0.5) is 0 Å². The molecule has 3 rings (SSSR count). The van der Waals surface area contributed by atoms with Crippen molar-refractivity contribution in [1.29, 1.82) is 0 Å². The Kier molecular flexibility index (Phi) is 13.3. The highest BCUT2D eigenvalue weighted by molar-refractivity contribution is 5.64. The van der Waals surface area contributed by atoms with Gasteiger partial charge in [0.1, 0.15) is 0 Å². The van der Waals surface area contributed by atoms with Crippen molar-refractivity contribution in [3.8, 4) is 11.3 Å². The minimum Gasteiger partial charge on any atom is -0.268 e. The van der Waals surface area contributed by atoms with E-state index in [-0.39, 0.29) is 5.56 Å². The molecule has 0 saturated carbocycles. The van der Waals surface area contributed by atoms with Crippen molar-refractivity contribution in [3.63, 3.8) is 0 Å². The highest BCUT2D eigenvalue weighted by Crippen LogP contribution is 2.27. The Morgan fingerprint density at radius 1 is 0.880 bits per heavy atom. The van der Waals surface area contributed by atoms with Crippen LogP contribution in [0.15, 0.2) is 35.1 Å². The predicted molar refractivity (Wildman–Crippen MR) is 110 cm³/mol. The average molecular weight is 345 g/mol. The predicted octanol–water partition coefficient (Wildman–Crippen LogP) is 6.17. The van der Waals surface area contributed by atoms with Crippen LogP contribution in [0.2, 0.25) is 0 Å². The second-order valence-electron chi connectivity index (χ2n) is 5.43. The topological polar surface area (TPSA) is 45.8 Å². The fourth-order valence-electron chi connectivity index (χ4n) is 2.49. The van der Waals surface area contributed by atoms with Gasteiger partial charge in [-0.15, -0.1) is 0 Å². The third kappa shape index (κ3) is 7.25. The summed E-state index contributed by atoms with van der Waals surface area (Å²) in [6, 6.07) is 10.1. The van der Waals surface area contributed by atoms with Gasteiger partial charge in [0, 0.05) is 11.1 Å². The van der Waals surface area contributed by atoms with Gasteiger partial charge in [0.05, 0.1) is 5.69 Å². The maximum absolute atomic E-state index is 11.7. The van der Waals surface area contributed by atoms with E-state index in [4.69, 9.17) is 0 Å². The molecule has 0 atom stereocenters. The van der Waals surface area contributed by atoms with Crippen LogP contribution in [0.5, 0.6) is 0 Å². The zero-order valence-electron chi connectivity index (χ0n) is 17.0. The summed E-state index contributed by atoms with van der Waals surface area (Å²) in [6.45, 7) is 12.4. The first-order valence-electron chi connectivity index (χ1n) is 9.93. The minimum absolute atomic E-state index is 0.0145. The number of nitrogens with one attached hydrogen (secondary N) is 1. The van der Waals surface area contributed by atoms with E-state index in [2.05, 4.69) is 24.0 Å². The zero-order chi connectivity index (χ0) is 19.1. The molecule has 0 aliphatic heterocycles. The van der Waals surface area contributed by atoms with E-state index in [1.165, 1.54) is 12.8 Å². The lowest BCUT2D eigenvalue weighted by Gasteiger charge is -2.17. The van der Waals surface area contributed by atoms with Crippen molar-refractivity contribution in [2.75, 3.05) is 0 Å². The van der Waals surface area contributed by atoms with E-state index in [1.807, 2.05) is 58.0 Å². The molecule has 140 valence electrons. The monoisotopic (exact) mass is 344 g/mol. The number of rotatable bonds is 2. The van der Waals surface area contributed by atoms with Crippen LogP contribution in [-0.2, 0) is 12.8 Å². The van der Waals surface area contributed by atoms with Gasteiger partial charge >= 0.3 is 0 Å². The molecule has 0 bridgehead atoms. The third-order valence-corrected chi connectivity index (χ3v) is 3.84. The molecular weight excluding hydrogens is 308 g/mol. The van der Waals surface area contributed by atoms with Crippen LogP contribution in [0.1, 0.15) is 78.4 Å². The van der Waals surface area contributed by atoms with Crippen LogP contribution in [-0.4, -0.2) is 10.2 Å². The van der Waals surface area contributed by atoms with Crippen molar-refractivity contribution in [3.05, 3.63) is 51.8 Å². The van der Waals surface area contributed by atoms with Gasteiger partial charge in [-0.25, -0.2) is 5.10 Å². The average Bonchev–Trinajstić information content (AvgIpc) is 2.72. The Morgan fingerprint density at radius 3 is 1.92 bits per heavy atom. The normalized spacial score (nSPS) is 11.4. The summed E-state index contributed by atoms with van der Waals surface area (Å²) in [5.41, 5.74) is 4.09. The summed E-state index contributed by atoms with van der Waals surface area (Å²) < 4.78 is 0. The maximum Gasteiger partial charge on any atom is 0.267 e. The molecule has 1 aliphatic rings. The molecule has 0 fully saturated rings. The number of hydrogen-bond donors (Lipinski definition) is 1. The largest absolute Gasteiger partial charge is 0.268 e. The molecule has 2 aromatic rings. The molecule has 1 aliphatic carbocycles. The first-order chi connectivity index (χ1) is 12.3. The molecule has 0 spiro atoms. The zero-order valence-corrected chi connectivity index (χ0v) is 17.0. The fourth-order valence-corrected chi connectivity index (χ4v) is 2.49. The van der Waals surface area contributed by atoms with Crippen LogP contribution < -0.4 is 5.56 Å². The molecule has 1 heterocycles. The summed E-state index contributed by atoms with van der Waals surface area (Å²) in [5, 5.41) is 6.85. The Hall–Kier alpha value is -1.90. The van der Waals surface area contributed by atoms with E-state index in [1.54, 1.807) is 0 Å². The summed E-state index contributed by atoms with van der Waals surface area (Å²) in [5.74, 6) is 0. The summed E-state index contributed by atoms with van der Waals surface area (Å²) in [4.78, 5) is 11.7. The smallest absolute Gasteiger partial charge is 0.267 e. The second-order valence-corrected chi connectivity index (χ2v) is 5.43. The van der Waals surface area contributed by atoms with Crippen LogP contribution >= 0.6 is 0 Å². The summed E-state index contributed by atoms with van der Waals surface area (Å²) in [6.07, 6.45) is 6.75. The Labute approximate surface area is 153 Å². The summed E-state index contributed by atoms with van der Waals surface area (Å²) in [7, 11) is 0. The number of nitrogens with zero attached hydrogens (tertiary/aromatic N) is 1. The molecule has 0 unspecified atom stereocenters. The number of hydrogen-bond acceptors (Lipinski definition) is 2. The van der Waals surface area contributed by atoms with Crippen LogP contribution in [0.25, 0.3) is 11.3 Å². The molecular formula is C22H36N2O. The molecule has 1 aromatic heterocycles. The molecule has 1 aromatic carbocycles. The van der Waals surface area contributed by atoms with Gasteiger partial charge in [0.15, 0.2) is 0 Å². The molecule has 3 heteroatoms. The minimum atomic E-state index is -0.0145. The van der Waals surface area contributed by atoms with Gasteiger partial charge in [0.25, 0.3) is 5.56 Å². The van der Waals surface area contributed by atoms with Gasteiger partial charge in [-0.05, 0) is 31.2 Å². The Balaban J connectivity index is 0.000000625. The van der Waals surface area contributed by atoms with Gasteiger partial charge < -0.3 is 0 Å². The van der Waals surface area contributed by atoms with Gasteiger partial charge in [-0.3, -0.25) is 4.79 Å². The number of fused-ring (bicyclic) bond motifs is 1. The molecule has 0 saturated heterocycles. The lowest BCUT2D eigenvalue weighted by Crippen LogP contribution is -2.21. The fraction of sp³-hybridized carbons (Fsp3) is 0.545. The highest BCUT2D eigenvalue weighted by Gasteiger charge is 2.18. The molecule has 0 radical (unpaired) electrons. The lowest BCUT2D eigenvalue weighted by molar-refractivity contribution is 0.669. The van der Waals surface area contributed by atoms with Gasteiger partial charge in [-0.1, -0.05) is 84.7 Å². The first kappa shape index (κ1) is 23.1. The van der Waals surface area contributed by atoms with Crippen LogP contribution in [0, 0.1) is 0 Å². The van der Waals surface area contributed by atoms with E-state index in [0.29, 0.717) is 0 Å². The summed E-state index contributed by atoms with van der Waals surface area (Å²) >= 11 is 0. The van der Waals surface area contributed by atoms with E-state index >= 15 is 0 Å². The van der Waals surface area contributed by atoms with E-state index < -0.39 is 0 Å². The Morgan fingerprint density at radius 2 is 1.40 bits per heavy atom. The first-order valence-corrected chi connectivity index (χ1v) is 9.93. The lowest BCUT2D eigenvalue weighted by atomic mass is 9.90. The molecule has 0 amide bonds. The molecule has 1 N–H and O–H groups in total. The SMILES string of the molecule is CC.CC.CCCC.O=c1[nH]nc(-c2ccccc2)c2c1CCCC2. The maximum atomic E-state index is 11.7. The standard InChI is InChI=1S/C14H14N2O.C4H10.2C2H6/c17-14-12-9-5-4-8-11(12)13(15-16-14)10-6-2-1-3-7-10;1-3-4-2;2*1-2/h1-3,6-7H,4-5,8-9H2,(H,16,17);3-4H2,1-2H3;2*1-2H3. The van der Waals surface area contributed by atoms with Crippen molar-refractivity contribution >= 4 is 0 Å².